The number of hydrogen-bond donors (Lipinski definition) is 1. The zero-order valence-electron chi connectivity index (χ0n) is 13.8. The molecule has 1 fully saturated rings. The molecular formula is C18H25NO4. The van der Waals surface area contributed by atoms with Crippen LogP contribution in [0.5, 0.6) is 5.75 Å². The fourth-order valence-electron chi connectivity index (χ4n) is 2.85. The molecule has 0 spiro atoms. The Morgan fingerprint density at radius 3 is 2.57 bits per heavy atom. The second kappa shape index (κ2) is 7.99. The van der Waals surface area contributed by atoms with Gasteiger partial charge in [-0.05, 0) is 36.8 Å². The van der Waals surface area contributed by atoms with E-state index in [9.17, 15) is 9.59 Å². The molecule has 2 rings (SSSR count). The van der Waals surface area contributed by atoms with Crippen molar-refractivity contribution in [3.05, 3.63) is 29.8 Å². The SMILES string of the molecule is CC[C@@H](C)c1ccccc1OCC(=O)N1CCC(C(=O)O)CC1. The lowest BCUT2D eigenvalue weighted by molar-refractivity contribution is -0.146. The lowest BCUT2D eigenvalue weighted by atomic mass is 9.97. The maximum atomic E-state index is 12.3. The van der Waals surface area contributed by atoms with Crippen molar-refractivity contribution in [1.29, 1.82) is 0 Å². The Kier molecular flexibility index (Phi) is 6.02. The van der Waals surface area contributed by atoms with Crippen molar-refractivity contribution in [2.45, 2.75) is 39.0 Å². The van der Waals surface area contributed by atoms with E-state index in [-0.39, 0.29) is 18.4 Å². The third kappa shape index (κ3) is 4.47. The van der Waals surface area contributed by atoms with Gasteiger partial charge in [-0.3, -0.25) is 9.59 Å². The molecule has 5 nitrogen and oxygen atoms in total. The second-order valence-corrected chi connectivity index (χ2v) is 6.13. The monoisotopic (exact) mass is 319 g/mol. The van der Waals surface area contributed by atoms with Crippen molar-refractivity contribution >= 4 is 11.9 Å². The molecule has 23 heavy (non-hydrogen) atoms. The molecule has 0 bridgehead atoms. The van der Waals surface area contributed by atoms with E-state index in [2.05, 4.69) is 13.8 Å². The molecule has 1 aliphatic heterocycles. The minimum Gasteiger partial charge on any atom is -0.483 e. The van der Waals surface area contributed by atoms with Crippen LogP contribution in [0, 0.1) is 5.92 Å². The molecule has 5 heteroatoms. The molecular weight excluding hydrogens is 294 g/mol. The number of hydrogen-bond acceptors (Lipinski definition) is 3. The maximum absolute atomic E-state index is 12.3. The number of amides is 1. The number of carboxylic acids is 1. The Morgan fingerprint density at radius 2 is 1.96 bits per heavy atom. The lowest BCUT2D eigenvalue weighted by Crippen LogP contribution is -2.42. The standard InChI is InChI=1S/C18H25NO4/c1-3-13(2)15-6-4-5-7-16(15)23-12-17(20)19-10-8-14(9-11-19)18(21)22/h4-7,13-14H,3,8-12H2,1-2H3,(H,21,22)/t13-/m1/s1. The largest absolute Gasteiger partial charge is 0.483 e. The van der Waals surface area contributed by atoms with E-state index in [4.69, 9.17) is 9.84 Å². The second-order valence-electron chi connectivity index (χ2n) is 6.13. The van der Waals surface area contributed by atoms with E-state index in [1.807, 2.05) is 24.3 Å². The number of ether oxygens (including phenoxy) is 1. The molecule has 0 radical (unpaired) electrons. The van der Waals surface area contributed by atoms with Crippen LogP contribution in [0.4, 0.5) is 0 Å². The number of benzene rings is 1. The minimum atomic E-state index is -0.768. The number of para-hydroxylation sites is 1. The molecule has 1 saturated heterocycles. The van der Waals surface area contributed by atoms with Crippen LogP contribution < -0.4 is 4.74 Å². The van der Waals surface area contributed by atoms with Gasteiger partial charge in [-0.15, -0.1) is 0 Å². The Morgan fingerprint density at radius 1 is 1.30 bits per heavy atom. The van der Waals surface area contributed by atoms with Crippen molar-refractivity contribution in [3.8, 4) is 5.75 Å². The van der Waals surface area contributed by atoms with Crippen LogP contribution in [-0.4, -0.2) is 41.6 Å². The Hall–Kier alpha value is -2.04. The smallest absolute Gasteiger partial charge is 0.306 e. The summed E-state index contributed by atoms with van der Waals surface area (Å²) in [5.41, 5.74) is 1.12. The topological polar surface area (TPSA) is 66.8 Å². The van der Waals surface area contributed by atoms with Crippen LogP contribution in [-0.2, 0) is 9.59 Å². The van der Waals surface area contributed by atoms with E-state index in [1.165, 1.54) is 0 Å². The van der Waals surface area contributed by atoms with Gasteiger partial charge < -0.3 is 14.7 Å². The number of nitrogens with zero attached hydrogens (tertiary/aromatic N) is 1. The van der Waals surface area contributed by atoms with Gasteiger partial charge in [0.15, 0.2) is 6.61 Å². The van der Waals surface area contributed by atoms with Gasteiger partial charge in [-0.25, -0.2) is 0 Å². The molecule has 1 aliphatic rings. The van der Waals surface area contributed by atoms with Crippen molar-refractivity contribution in [1.82, 2.24) is 4.90 Å². The molecule has 1 heterocycles. The van der Waals surface area contributed by atoms with E-state index in [1.54, 1.807) is 4.90 Å². The summed E-state index contributed by atoms with van der Waals surface area (Å²) in [6.45, 7) is 5.25. The third-order valence-corrected chi connectivity index (χ3v) is 4.61. The number of piperidine rings is 1. The summed E-state index contributed by atoms with van der Waals surface area (Å²) >= 11 is 0. The van der Waals surface area contributed by atoms with Gasteiger partial charge in [0.25, 0.3) is 5.91 Å². The van der Waals surface area contributed by atoms with Crippen molar-refractivity contribution in [2.24, 2.45) is 5.92 Å². The lowest BCUT2D eigenvalue weighted by Gasteiger charge is -2.30. The highest BCUT2D eigenvalue weighted by Crippen LogP contribution is 2.28. The summed E-state index contributed by atoms with van der Waals surface area (Å²) in [6.07, 6.45) is 2.05. The highest BCUT2D eigenvalue weighted by Gasteiger charge is 2.27. The fourth-order valence-corrected chi connectivity index (χ4v) is 2.85. The minimum absolute atomic E-state index is 0.00514. The molecule has 1 N–H and O–H groups in total. The zero-order valence-corrected chi connectivity index (χ0v) is 13.8. The normalized spacial score (nSPS) is 16.9. The van der Waals surface area contributed by atoms with Gasteiger partial charge in [0.05, 0.1) is 5.92 Å². The van der Waals surface area contributed by atoms with Gasteiger partial charge in [-0.1, -0.05) is 32.0 Å². The highest BCUT2D eigenvalue weighted by molar-refractivity contribution is 5.78. The summed E-state index contributed by atoms with van der Waals surface area (Å²) in [7, 11) is 0. The number of rotatable bonds is 6. The average molecular weight is 319 g/mol. The maximum Gasteiger partial charge on any atom is 0.306 e. The van der Waals surface area contributed by atoms with E-state index in [0.717, 1.165) is 17.7 Å². The molecule has 1 aromatic carbocycles. The summed E-state index contributed by atoms with van der Waals surface area (Å²) in [4.78, 5) is 24.9. The van der Waals surface area contributed by atoms with Gasteiger partial charge in [0, 0.05) is 13.1 Å². The van der Waals surface area contributed by atoms with Crippen molar-refractivity contribution in [3.63, 3.8) is 0 Å². The molecule has 126 valence electrons. The Balaban J connectivity index is 1.89. The number of carbonyl (C=O) groups is 2. The molecule has 1 atom stereocenters. The summed E-state index contributed by atoms with van der Waals surface area (Å²) in [6, 6.07) is 7.81. The number of aliphatic carboxylic acids is 1. The molecule has 0 aromatic heterocycles. The number of carboxylic acid groups (broad SMARTS) is 1. The van der Waals surface area contributed by atoms with Crippen LogP contribution in [0.2, 0.25) is 0 Å². The van der Waals surface area contributed by atoms with Crippen LogP contribution >= 0.6 is 0 Å². The Bertz CT molecular complexity index is 550. The Labute approximate surface area is 137 Å². The average Bonchev–Trinajstić information content (AvgIpc) is 2.59. The first-order valence-corrected chi connectivity index (χ1v) is 8.25. The number of carbonyl (C=O) groups excluding carboxylic acids is 1. The fraction of sp³-hybridized carbons (Fsp3) is 0.556. The zero-order chi connectivity index (χ0) is 16.8. The van der Waals surface area contributed by atoms with Crippen molar-refractivity contribution < 1.29 is 19.4 Å². The van der Waals surface area contributed by atoms with Gasteiger partial charge in [0.1, 0.15) is 5.75 Å². The first kappa shape index (κ1) is 17.3. The number of likely N-dealkylation sites (tertiary alicyclic amines) is 1. The predicted molar refractivity (Wildman–Crippen MR) is 87.6 cm³/mol. The van der Waals surface area contributed by atoms with E-state index >= 15 is 0 Å². The molecule has 0 saturated carbocycles. The summed E-state index contributed by atoms with van der Waals surface area (Å²) in [5, 5.41) is 8.99. The molecule has 1 amide bonds. The highest BCUT2D eigenvalue weighted by atomic mass is 16.5. The molecule has 1 aromatic rings. The van der Waals surface area contributed by atoms with Crippen LogP contribution in [0.3, 0.4) is 0 Å². The van der Waals surface area contributed by atoms with E-state index in [0.29, 0.717) is 31.8 Å². The van der Waals surface area contributed by atoms with Gasteiger partial charge in [-0.2, -0.15) is 0 Å². The summed E-state index contributed by atoms with van der Waals surface area (Å²) < 4.78 is 5.74. The first-order chi connectivity index (χ1) is 11.0. The third-order valence-electron chi connectivity index (χ3n) is 4.61. The molecule has 0 aliphatic carbocycles. The first-order valence-electron chi connectivity index (χ1n) is 8.25. The summed E-state index contributed by atoms with van der Waals surface area (Å²) in [5.74, 6) is -0.0297. The van der Waals surface area contributed by atoms with E-state index < -0.39 is 5.97 Å². The van der Waals surface area contributed by atoms with Crippen LogP contribution in [0.15, 0.2) is 24.3 Å². The van der Waals surface area contributed by atoms with Crippen LogP contribution in [0.25, 0.3) is 0 Å². The van der Waals surface area contributed by atoms with Gasteiger partial charge in [0.2, 0.25) is 0 Å². The molecule has 0 unspecified atom stereocenters. The predicted octanol–water partition coefficient (Wildman–Crippen LogP) is 2.90. The van der Waals surface area contributed by atoms with Crippen molar-refractivity contribution in [2.75, 3.05) is 19.7 Å². The quantitative estimate of drug-likeness (QED) is 0.875. The van der Waals surface area contributed by atoms with Gasteiger partial charge >= 0.3 is 5.97 Å². The van der Waals surface area contributed by atoms with Crippen LogP contribution in [0.1, 0.15) is 44.6 Å².